The molecule has 0 fully saturated rings. The molecule has 0 aliphatic heterocycles. The molecule has 2 rings (SSSR count). The van der Waals surface area contributed by atoms with E-state index in [1.54, 1.807) is 12.1 Å². The highest BCUT2D eigenvalue weighted by Gasteiger charge is 2.22. The van der Waals surface area contributed by atoms with Crippen molar-refractivity contribution in [2.75, 3.05) is 13.2 Å². The van der Waals surface area contributed by atoms with E-state index in [1.807, 2.05) is 19.1 Å². The quantitative estimate of drug-likeness (QED) is 0.652. The summed E-state index contributed by atoms with van der Waals surface area (Å²) in [5, 5.41) is 19.0. The molecule has 25 heavy (non-hydrogen) atoms. The van der Waals surface area contributed by atoms with Crippen LogP contribution in [0.15, 0.2) is 53.4 Å². The summed E-state index contributed by atoms with van der Waals surface area (Å²) in [6, 6.07) is 12.5. The number of hydrogen-bond acceptors (Lipinski definition) is 5. The fourth-order valence-electron chi connectivity index (χ4n) is 2.12. The number of carboxylic acid groups (broad SMARTS) is 1. The van der Waals surface area contributed by atoms with Crippen molar-refractivity contribution in [3.05, 3.63) is 59.7 Å². The van der Waals surface area contributed by atoms with Crippen LogP contribution in [0.4, 0.5) is 0 Å². The molecule has 2 aromatic rings. The van der Waals surface area contributed by atoms with Crippen molar-refractivity contribution in [3.63, 3.8) is 0 Å². The standard InChI is InChI=1S/C17H19NO6S/c1-12-6-2-4-8-15(12)24-11-13(19)10-18-25(22,23)16-9-5-3-7-14(16)17(20)21/h2-9,13,18-19H,10-11H2,1H3,(H,20,21). The van der Waals surface area contributed by atoms with Crippen LogP contribution in [-0.4, -0.2) is 43.9 Å². The number of benzene rings is 2. The van der Waals surface area contributed by atoms with Crippen molar-refractivity contribution < 1.29 is 28.2 Å². The zero-order valence-corrected chi connectivity index (χ0v) is 14.4. The Morgan fingerprint density at radius 2 is 1.80 bits per heavy atom. The van der Waals surface area contributed by atoms with Crippen LogP contribution in [0.25, 0.3) is 0 Å². The number of carbonyl (C=O) groups is 1. The number of carboxylic acids is 1. The highest BCUT2D eigenvalue weighted by molar-refractivity contribution is 7.89. The van der Waals surface area contributed by atoms with Gasteiger partial charge in [-0.3, -0.25) is 0 Å². The van der Waals surface area contributed by atoms with E-state index in [2.05, 4.69) is 4.72 Å². The minimum absolute atomic E-state index is 0.103. The summed E-state index contributed by atoms with van der Waals surface area (Å²) < 4.78 is 32.2. The van der Waals surface area contributed by atoms with E-state index < -0.39 is 22.1 Å². The molecule has 0 amide bonds. The monoisotopic (exact) mass is 365 g/mol. The molecule has 0 aromatic heterocycles. The first-order valence-corrected chi connectivity index (χ1v) is 8.98. The minimum atomic E-state index is -4.07. The molecule has 1 atom stereocenters. The molecule has 3 N–H and O–H groups in total. The molecule has 0 saturated carbocycles. The maximum atomic E-state index is 12.3. The van der Waals surface area contributed by atoms with E-state index in [0.29, 0.717) is 5.75 Å². The molecule has 134 valence electrons. The van der Waals surface area contributed by atoms with E-state index in [9.17, 15) is 18.3 Å². The number of aliphatic hydroxyl groups is 1. The summed E-state index contributed by atoms with van der Waals surface area (Å²) >= 11 is 0. The van der Waals surface area contributed by atoms with Gasteiger partial charge in [0.15, 0.2) is 0 Å². The third kappa shape index (κ3) is 5.02. The first kappa shape index (κ1) is 18.9. The Morgan fingerprint density at radius 1 is 1.16 bits per heavy atom. The van der Waals surface area contributed by atoms with Gasteiger partial charge in [-0.2, -0.15) is 0 Å². The van der Waals surface area contributed by atoms with Gasteiger partial charge in [0.25, 0.3) is 0 Å². The van der Waals surface area contributed by atoms with Crippen LogP contribution in [0.1, 0.15) is 15.9 Å². The summed E-state index contributed by atoms with van der Waals surface area (Å²) in [6.07, 6.45) is -1.09. The lowest BCUT2D eigenvalue weighted by Crippen LogP contribution is -2.35. The number of para-hydroxylation sites is 1. The molecule has 1 unspecified atom stereocenters. The lowest BCUT2D eigenvalue weighted by atomic mass is 10.2. The van der Waals surface area contributed by atoms with Crippen molar-refractivity contribution >= 4 is 16.0 Å². The zero-order valence-electron chi connectivity index (χ0n) is 13.5. The Hall–Kier alpha value is -2.42. The number of hydrogen-bond donors (Lipinski definition) is 3. The number of sulfonamides is 1. The van der Waals surface area contributed by atoms with Crippen LogP contribution in [0.2, 0.25) is 0 Å². The summed E-state index contributed by atoms with van der Waals surface area (Å²) in [5.74, 6) is -0.745. The Morgan fingerprint density at radius 3 is 2.48 bits per heavy atom. The van der Waals surface area contributed by atoms with Crippen molar-refractivity contribution in [1.29, 1.82) is 0 Å². The van der Waals surface area contributed by atoms with Gasteiger partial charge in [-0.15, -0.1) is 0 Å². The van der Waals surface area contributed by atoms with E-state index >= 15 is 0 Å². The molecule has 0 aliphatic carbocycles. The molecule has 0 bridgehead atoms. The van der Waals surface area contributed by atoms with E-state index in [4.69, 9.17) is 9.84 Å². The van der Waals surface area contributed by atoms with Gasteiger partial charge in [-0.1, -0.05) is 30.3 Å². The predicted molar refractivity (Wildman–Crippen MR) is 91.3 cm³/mol. The lowest BCUT2D eigenvalue weighted by Gasteiger charge is -2.15. The number of rotatable bonds is 8. The van der Waals surface area contributed by atoms with Gasteiger partial charge in [0, 0.05) is 6.54 Å². The van der Waals surface area contributed by atoms with Gasteiger partial charge in [-0.25, -0.2) is 17.9 Å². The molecule has 0 aliphatic rings. The largest absolute Gasteiger partial charge is 0.491 e. The van der Waals surface area contributed by atoms with Crippen molar-refractivity contribution in [1.82, 2.24) is 4.72 Å². The summed E-state index contributed by atoms with van der Waals surface area (Å²) in [5.41, 5.74) is 0.561. The smallest absolute Gasteiger partial charge is 0.337 e. The molecule has 2 aromatic carbocycles. The Kier molecular flexibility index (Phi) is 6.13. The summed E-state index contributed by atoms with van der Waals surface area (Å²) in [7, 11) is -4.07. The number of ether oxygens (including phenoxy) is 1. The molecular formula is C17H19NO6S. The third-order valence-electron chi connectivity index (χ3n) is 3.44. The molecule has 0 saturated heterocycles. The van der Waals surface area contributed by atoms with Gasteiger partial charge in [-0.05, 0) is 30.7 Å². The number of nitrogens with one attached hydrogen (secondary N) is 1. The van der Waals surface area contributed by atoms with Crippen LogP contribution in [-0.2, 0) is 10.0 Å². The first-order valence-electron chi connectivity index (χ1n) is 7.50. The topological polar surface area (TPSA) is 113 Å². The number of aliphatic hydroxyl groups excluding tert-OH is 1. The van der Waals surface area contributed by atoms with Crippen LogP contribution in [0, 0.1) is 6.92 Å². The van der Waals surface area contributed by atoms with Crippen molar-refractivity contribution in [2.24, 2.45) is 0 Å². The predicted octanol–water partition coefficient (Wildman–Crippen LogP) is 1.41. The fourth-order valence-corrected chi connectivity index (χ4v) is 3.39. The highest BCUT2D eigenvalue weighted by Crippen LogP contribution is 2.17. The number of aromatic carboxylic acids is 1. The molecule has 7 nitrogen and oxygen atoms in total. The third-order valence-corrected chi connectivity index (χ3v) is 4.92. The Balaban J connectivity index is 1.98. The van der Waals surface area contributed by atoms with Crippen molar-refractivity contribution in [2.45, 2.75) is 17.9 Å². The number of aryl methyl sites for hydroxylation is 1. The second kappa shape index (κ2) is 8.11. The second-order valence-corrected chi connectivity index (χ2v) is 7.12. The molecule has 0 radical (unpaired) electrons. The fraction of sp³-hybridized carbons (Fsp3) is 0.235. The zero-order chi connectivity index (χ0) is 18.4. The minimum Gasteiger partial charge on any atom is -0.491 e. The SMILES string of the molecule is Cc1ccccc1OCC(O)CNS(=O)(=O)c1ccccc1C(=O)O. The maximum absolute atomic E-state index is 12.3. The first-order chi connectivity index (χ1) is 11.8. The summed E-state index contributed by atoms with van der Waals surface area (Å²) in [6.45, 7) is 1.45. The van der Waals surface area contributed by atoms with Gasteiger partial charge < -0.3 is 14.9 Å². The highest BCUT2D eigenvalue weighted by atomic mass is 32.2. The normalized spacial score (nSPS) is 12.6. The van der Waals surface area contributed by atoms with Crippen LogP contribution in [0.5, 0.6) is 5.75 Å². The maximum Gasteiger partial charge on any atom is 0.337 e. The van der Waals surface area contributed by atoms with Gasteiger partial charge in [0.05, 0.1) is 10.5 Å². The van der Waals surface area contributed by atoms with Crippen LogP contribution >= 0.6 is 0 Å². The van der Waals surface area contributed by atoms with Crippen LogP contribution in [0.3, 0.4) is 0 Å². The second-order valence-electron chi connectivity index (χ2n) is 5.38. The van der Waals surface area contributed by atoms with Crippen LogP contribution < -0.4 is 9.46 Å². The molecule has 0 heterocycles. The van der Waals surface area contributed by atoms with Gasteiger partial charge in [0.1, 0.15) is 18.5 Å². The van der Waals surface area contributed by atoms with Gasteiger partial charge in [0.2, 0.25) is 10.0 Å². The van der Waals surface area contributed by atoms with E-state index in [0.717, 1.165) is 5.56 Å². The molecule has 8 heteroatoms. The average Bonchev–Trinajstić information content (AvgIpc) is 2.59. The van der Waals surface area contributed by atoms with E-state index in [1.165, 1.54) is 24.3 Å². The average molecular weight is 365 g/mol. The lowest BCUT2D eigenvalue weighted by molar-refractivity contribution is 0.0692. The molecular weight excluding hydrogens is 346 g/mol. The van der Waals surface area contributed by atoms with Crippen molar-refractivity contribution in [3.8, 4) is 5.75 Å². The van der Waals surface area contributed by atoms with Gasteiger partial charge >= 0.3 is 5.97 Å². The Bertz CT molecular complexity index is 850. The Labute approximate surface area is 145 Å². The summed E-state index contributed by atoms with van der Waals surface area (Å²) in [4.78, 5) is 10.8. The molecule has 0 spiro atoms. The van der Waals surface area contributed by atoms with E-state index in [-0.39, 0.29) is 23.6 Å².